The van der Waals surface area contributed by atoms with Crippen molar-refractivity contribution < 1.29 is 13.7 Å². The molecule has 3 aromatic heterocycles. The molecule has 0 bridgehead atoms. The molecule has 0 amide bonds. The van der Waals surface area contributed by atoms with Crippen LogP contribution in [0.4, 0.5) is 52.0 Å². The minimum Gasteiger partial charge on any atom is -0.385 e. The number of hydrogen-bond acceptors (Lipinski definition) is 10. The highest BCUT2D eigenvalue weighted by atomic mass is 15.3. The monoisotopic (exact) mass is 785 g/mol. The SMILES string of the molecule is Cn1cc[n+](C)c1N=Nc1ccc(NCCCN(CCCNc2ccc(N=Nc3n(C)cc[n+]3C)cc2)CCCNc2ccc(N=Nc3n(C)cc[n+]3C)cc2)cc1. The summed E-state index contributed by atoms with van der Waals surface area (Å²) < 4.78 is 11.6. The summed E-state index contributed by atoms with van der Waals surface area (Å²) in [5.41, 5.74) is 5.68. The Hall–Kier alpha value is -6.55. The van der Waals surface area contributed by atoms with Crippen molar-refractivity contribution in [2.75, 3.05) is 55.2 Å². The molecule has 0 unspecified atom stereocenters. The molecule has 0 fully saturated rings. The molecule has 0 atom stereocenters. The van der Waals surface area contributed by atoms with Crippen molar-refractivity contribution in [2.24, 2.45) is 73.0 Å². The number of anilines is 3. The number of nitrogens with zero attached hydrogens (tertiary/aromatic N) is 13. The second-order valence-electron chi connectivity index (χ2n) is 14.4. The molecule has 0 aliphatic heterocycles. The normalized spacial score (nSPS) is 11.8. The van der Waals surface area contributed by atoms with Crippen LogP contribution in [-0.4, -0.2) is 57.9 Å². The summed E-state index contributed by atoms with van der Waals surface area (Å²) in [7, 11) is 11.8. The predicted octanol–water partition coefficient (Wildman–Crippen LogP) is 7.53. The van der Waals surface area contributed by atoms with Gasteiger partial charge < -0.3 is 20.9 Å². The van der Waals surface area contributed by atoms with Crippen LogP contribution >= 0.6 is 0 Å². The topological polar surface area (TPSA) is 140 Å². The average Bonchev–Trinajstić information content (AvgIpc) is 3.86. The molecule has 0 saturated heterocycles. The van der Waals surface area contributed by atoms with Crippen LogP contribution in [0.25, 0.3) is 0 Å². The molecule has 3 aromatic carbocycles. The molecule has 6 rings (SSSR count). The molecule has 58 heavy (non-hydrogen) atoms. The summed E-state index contributed by atoms with van der Waals surface area (Å²) in [4.78, 5) is 2.57. The minimum atomic E-state index is 0.788. The summed E-state index contributed by atoms with van der Waals surface area (Å²) in [6, 6.07) is 24.3. The van der Waals surface area contributed by atoms with Gasteiger partial charge in [-0.25, -0.2) is 27.4 Å². The number of aryl methyl sites for hydroxylation is 6. The van der Waals surface area contributed by atoms with Crippen molar-refractivity contribution in [3.63, 3.8) is 0 Å². The van der Waals surface area contributed by atoms with Gasteiger partial charge in [-0.3, -0.25) is 0 Å². The largest absolute Gasteiger partial charge is 0.421 e. The quantitative estimate of drug-likeness (QED) is 0.0395. The lowest BCUT2D eigenvalue weighted by atomic mass is 10.2. The van der Waals surface area contributed by atoms with Gasteiger partial charge in [0.1, 0.15) is 17.1 Å². The van der Waals surface area contributed by atoms with E-state index in [4.69, 9.17) is 0 Å². The van der Waals surface area contributed by atoms with Gasteiger partial charge in [0.05, 0.1) is 79.5 Å². The van der Waals surface area contributed by atoms with Crippen molar-refractivity contribution >= 4 is 52.0 Å². The standard InChI is InChI=1S/C42H54N16/c1-52-28-29-53(2)40(52)49-46-37-16-10-34(11-17-37)43-22-7-25-58(26-8-23-44-35-12-18-38(19-13-35)47-50-41-54(3)30-31-55(41)4)27-9-24-45-36-14-20-39(21-15-36)48-51-42-56(5)32-33-57(42)6/h10-21,28-33H,7-9,22-27H2,1-6H3/p+3. The molecule has 0 saturated carbocycles. The fraction of sp³-hybridized carbons (Fsp3) is 0.357. The van der Waals surface area contributed by atoms with E-state index in [1.807, 2.05) is 143 Å². The Labute approximate surface area is 340 Å². The molecular weight excluding hydrogens is 729 g/mol. The lowest BCUT2D eigenvalue weighted by Gasteiger charge is -2.23. The van der Waals surface area contributed by atoms with E-state index in [1.165, 1.54) is 0 Å². The number of imidazole rings is 3. The molecular formula is C42H57N16+3. The van der Waals surface area contributed by atoms with E-state index in [-0.39, 0.29) is 0 Å². The first-order chi connectivity index (χ1) is 28.2. The maximum Gasteiger partial charge on any atom is 0.421 e. The Morgan fingerprint density at radius 1 is 0.431 bits per heavy atom. The zero-order valence-electron chi connectivity index (χ0n) is 34.6. The van der Waals surface area contributed by atoms with Crippen LogP contribution < -0.4 is 29.7 Å². The first-order valence-corrected chi connectivity index (χ1v) is 19.7. The Morgan fingerprint density at radius 2 is 0.707 bits per heavy atom. The van der Waals surface area contributed by atoms with Gasteiger partial charge >= 0.3 is 17.8 Å². The Morgan fingerprint density at radius 3 is 0.948 bits per heavy atom. The summed E-state index contributed by atoms with van der Waals surface area (Å²) in [6.45, 7) is 5.65. The minimum absolute atomic E-state index is 0.788. The molecule has 16 nitrogen and oxygen atoms in total. The Bertz CT molecular complexity index is 1950. The zero-order chi connectivity index (χ0) is 40.7. The zero-order valence-corrected chi connectivity index (χ0v) is 34.6. The average molecular weight is 786 g/mol. The van der Waals surface area contributed by atoms with E-state index in [2.05, 4.69) is 87.9 Å². The van der Waals surface area contributed by atoms with Crippen molar-refractivity contribution in [3.8, 4) is 0 Å². The molecule has 302 valence electrons. The number of aromatic nitrogens is 6. The van der Waals surface area contributed by atoms with Crippen LogP contribution in [0, 0.1) is 0 Å². The second-order valence-corrected chi connectivity index (χ2v) is 14.4. The molecule has 3 N–H and O–H groups in total. The van der Waals surface area contributed by atoms with E-state index in [0.717, 1.165) is 111 Å². The second kappa shape index (κ2) is 20.6. The highest BCUT2D eigenvalue weighted by molar-refractivity contribution is 5.52. The van der Waals surface area contributed by atoms with Gasteiger partial charge in [0.15, 0.2) is 0 Å². The van der Waals surface area contributed by atoms with Crippen molar-refractivity contribution in [1.82, 2.24) is 18.6 Å². The third-order valence-corrected chi connectivity index (χ3v) is 9.74. The molecule has 0 spiro atoms. The van der Waals surface area contributed by atoms with E-state index >= 15 is 0 Å². The molecule has 0 aliphatic carbocycles. The fourth-order valence-corrected chi connectivity index (χ4v) is 6.36. The van der Waals surface area contributed by atoms with Gasteiger partial charge in [-0.05, 0) is 112 Å². The van der Waals surface area contributed by atoms with E-state index in [0.29, 0.717) is 0 Å². The number of azo groups is 3. The maximum atomic E-state index is 4.41. The van der Waals surface area contributed by atoms with Gasteiger partial charge in [-0.1, -0.05) is 15.3 Å². The molecule has 16 heteroatoms. The van der Waals surface area contributed by atoms with Crippen LogP contribution in [0.5, 0.6) is 0 Å². The van der Waals surface area contributed by atoms with Gasteiger partial charge in [0.2, 0.25) is 0 Å². The first-order valence-electron chi connectivity index (χ1n) is 19.7. The highest BCUT2D eigenvalue weighted by Gasteiger charge is 2.13. The van der Waals surface area contributed by atoms with Crippen LogP contribution in [0.3, 0.4) is 0 Å². The summed E-state index contributed by atoms with van der Waals surface area (Å²) >= 11 is 0. The van der Waals surface area contributed by atoms with Crippen molar-refractivity contribution in [2.45, 2.75) is 19.3 Å². The summed E-state index contributed by atoms with van der Waals surface area (Å²) in [6.07, 6.45) is 14.8. The van der Waals surface area contributed by atoms with Crippen LogP contribution in [0.2, 0.25) is 0 Å². The number of benzene rings is 3. The van der Waals surface area contributed by atoms with Crippen LogP contribution in [0.15, 0.2) is 141 Å². The molecule has 0 aliphatic rings. The van der Waals surface area contributed by atoms with E-state index in [9.17, 15) is 0 Å². The van der Waals surface area contributed by atoms with Gasteiger partial charge in [-0.15, -0.1) is 0 Å². The highest BCUT2D eigenvalue weighted by Crippen LogP contribution is 2.21. The summed E-state index contributed by atoms with van der Waals surface area (Å²) in [5.74, 6) is 2.36. The predicted molar refractivity (Wildman–Crippen MR) is 227 cm³/mol. The Balaban J connectivity index is 0.958. The van der Waals surface area contributed by atoms with Gasteiger partial charge in [-0.2, -0.15) is 0 Å². The molecule has 6 aromatic rings. The maximum absolute atomic E-state index is 4.41. The third-order valence-electron chi connectivity index (χ3n) is 9.74. The van der Waals surface area contributed by atoms with E-state index in [1.54, 1.807) is 0 Å². The summed E-state index contributed by atoms with van der Waals surface area (Å²) in [5, 5.41) is 37.2. The number of hydrogen-bond donors (Lipinski definition) is 3. The Kier molecular flexibility index (Phi) is 14.6. The lowest BCUT2D eigenvalue weighted by Crippen LogP contribution is -2.30. The number of nitrogens with one attached hydrogen (secondary N) is 3. The van der Waals surface area contributed by atoms with Crippen molar-refractivity contribution in [3.05, 3.63) is 110 Å². The third kappa shape index (κ3) is 12.0. The first kappa shape index (κ1) is 41.1. The fourth-order valence-electron chi connectivity index (χ4n) is 6.36. The van der Waals surface area contributed by atoms with Crippen LogP contribution in [0.1, 0.15) is 19.3 Å². The van der Waals surface area contributed by atoms with Crippen LogP contribution in [-0.2, 0) is 42.3 Å². The lowest BCUT2D eigenvalue weighted by molar-refractivity contribution is -0.657. The van der Waals surface area contributed by atoms with E-state index < -0.39 is 0 Å². The molecule has 0 radical (unpaired) electrons. The number of rotatable bonds is 21. The van der Waals surface area contributed by atoms with Gasteiger partial charge in [0.25, 0.3) is 0 Å². The van der Waals surface area contributed by atoms with Gasteiger partial charge in [0, 0.05) is 52.0 Å². The van der Waals surface area contributed by atoms with Crippen molar-refractivity contribution in [1.29, 1.82) is 0 Å². The smallest absolute Gasteiger partial charge is 0.385 e. The molecule has 3 heterocycles.